The number of benzene rings is 1. The average molecular weight is 370 g/mol. The highest BCUT2D eigenvalue weighted by Crippen LogP contribution is 2.31. The van der Waals surface area contributed by atoms with Crippen LogP contribution >= 0.6 is 11.3 Å². The molecular formula is C16H17F3N4OS. The molecule has 1 aromatic carbocycles. The van der Waals surface area contributed by atoms with E-state index in [0.717, 1.165) is 5.56 Å². The lowest BCUT2D eigenvalue weighted by atomic mass is 9.94. The summed E-state index contributed by atoms with van der Waals surface area (Å²) in [6.45, 7) is 0.927. The van der Waals surface area contributed by atoms with Gasteiger partial charge in [0.2, 0.25) is 10.9 Å². The number of hydrogen-bond donors (Lipinski definition) is 1. The minimum absolute atomic E-state index is 0.127. The molecule has 0 bridgehead atoms. The van der Waals surface area contributed by atoms with Crippen LogP contribution in [0.3, 0.4) is 0 Å². The van der Waals surface area contributed by atoms with Gasteiger partial charge in [0.15, 0.2) is 0 Å². The zero-order valence-electron chi connectivity index (χ0n) is 13.5. The van der Waals surface area contributed by atoms with E-state index in [1.807, 2.05) is 36.2 Å². The summed E-state index contributed by atoms with van der Waals surface area (Å²) in [4.78, 5) is 14.4. The summed E-state index contributed by atoms with van der Waals surface area (Å²) < 4.78 is 37.5. The molecule has 1 aliphatic rings. The second-order valence-electron chi connectivity index (χ2n) is 5.94. The number of likely N-dealkylation sites (N-methyl/N-ethyl adjacent to an activating group) is 1. The Labute approximate surface area is 146 Å². The number of amides is 1. The summed E-state index contributed by atoms with van der Waals surface area (Å²) in [5, 5.41) is 8.74. The van der Waals surface area contributed by atoms with Crippen molar-refractivity contribution in [1.82, 2.24) is 20.4 Å². The Balaban J connectivity index is 1.54. The number of rotatable bonds is 4. The first-order chi connectivity index (χ1) is 11.8. The first kappa shape index (κ1) is 17.8. The molecule has 1 atom stereocenters. The number of carbonyl (C=O) groups is 1. The van der Waals surface area contributed by atoms with Gasteiger partial charge in [-0.25, -0.2) is 0 Å². The van der Waals surface area contributed by atoms with Crippen molar-refractivity contribution in [2.45, 2.75) is 31.6 Å². The Morgan fingerprint density at radius 3 is 2.72 bits per heavy atom. The molecule has 1 amide bonds. The van der Waals surface area contributed by atoms with Crippen molar-refractivity contribution in [3.8, 4) is 0 Å². The minimum atomic E-state index is -4.47. The molecule has 1 unspecified atom stereocenters. The Morgan fingerprint density at radius 2 is 2.04 bits per heavy atom. The highest BCUT2D eigenvalue weighted by atomic mass is 32.1. The van der Waals surface area contributed by atoms with Crippen molar-refractivity contribution in [3.63, 3.8) is 0 Å². The van der Waals surface area contributed by atoms with Crippen LogP contribution in [0.1, 0.15) is 21.1 Å². The Morgan fingerprint density at radius 1 is 1.32 bits per heavy atom. The molecule has 2 heterocycles. The third kappa shape index (κ3) is 4.16. The standard InChI is InChI=1S/C16H17F3N4OS/c1-23-9-11-5-3-2-4-10(11)8-12(23)14(24)20-7-6-13-21-22-15(25-13)16(17,18)19/h2-5,12H,6-9H2,1H3,(H,20,24). The molecule has 1 aromatic heterocycles. The molecule has 9 heteroatoms. The molecule has 1 N–H and O–H groups in total. The van der Waals surface area contributed by atoms with Gasteiger partial charge in [-0.1, -0.05) is 35.6 Å². The van der Waals surface area contributed by atoms with E-state index in [2.05, 4.69) is 15.5 Å². The number of fused-ring (bicyclic) bond motifs is 1. The molecular weight excluding hydrogens is 353 g/mol. The van der Waals surface area contributed by atoms with E-state index in [9.17, 15) is 18.0 Å². The number of carbonyl (C=O) groups excluding carboxylic acids is 1. The number of nitrogens with zero attached hydrogens (tertiary/aromatic N) is 3. The predicted octanol–water partition coefficient (Wildman–Crippen LogP) is 2.27. The molecule has 5 nitrogen and oxygen atoms in total. The van der Waals surface area contributed by atoms with E-state index in [0.29, 0.717) is 24.3 Å². The molecule has 0 aliphatic carbocycles. The smallest absolute Gasteiger partial charge is 0.354 e. The van der Waals surface area contributed by atoms with Crippen molar-refractivity contribution in [2.24, 2.45) is 0 Å². The Bertz CT molecular complexity index is 762. The molecule has 0 spiro atoms. The number of aromatic nitrogens is 2. The van der Waals surface area contributed by atoms with E-state index in [1.54, 1.807) is 0 Å². The average Bonchev–Trinajstić information content (AvgIpc) is 3.03. The summed E-state index contributed by atoms with van der Waals surface area (Å²) in [5.41, 5.74) is 2.36. The fourth-order valence-electron chi connectivity index (χ4n) is 2.83. The normalized spacial score (nSPS) is 18.0. The second kappa shape index (κ2) is 7.09. The topological polar surface area (TPSA) is 58.1 Å². The van der Waals surface area contributed by atoms with Gasteiger partial charge < -0.3 is 5.32 Å². The van der Waals surface area contributed by atoms with Gasteiger partial charge in [0.1, 0.15) is 5.01 Å². The maximum absolute atomic E-state index is 12.5. The van der Waals surface area contributed by atoms with E-state index in [4.69, 9.17) is 0 Å². The summed E-state index contributed by atoms with van der Waals surface area (Å²) in [6.07, 6.45) is -3.63. The molecule has 1 aliphatic heterocycles. The van der Waals surface area contributed by atoms with Crippen molar-refractivity contribution in [2.75, 3.05) is 13.6 Å². The molecule has 0 radical (unpaired) electrons. The highest BCUT2D eigenvalue weighted by Gasteiger charge is 2.35. The van der Waals surface area contributed by atoms with Crippen LogP contribution in [0.25, 0.3) is 0 Å². The van der Waals surface area contributed by atoms with Crippen LogP contribution in [0.5, 0.6) is 0 Å². The summed E-state index contributed by atoms with van der Waals surface area (Å²) in [6, 6.07) is 7.71. The van der Waals surface area contributed by atoms with Gasteiger partial charge in [-0.15, -0.1) is 10.2 Å². The van der Waals surface area contributed by atoms with E-state index in [1.165, 1.54) is 5.56 Å². The first-order valence-electron chi connectivity index (χ1n) is 7.79. The molecule has 134 valence electrons. The molecule has 0 saturated carbocycles. The summed E-state index contributed by atoms with van der Waals surface area (Å²) in [7, 11) is 1.89. The largest absolute Gasteiger partial charge is 0.445 e. The van der Waals surface area contributed by atoms with Gasteiger partial charge >= 0.3 is 6.18 Å². The number of halogens is 3. The van der Waals surface area contributed by atoms with Crippen LogP contribution in [0.2, 0.25) is 0 Å². The second-order valence-corrected chi connectivity index (χ2v) is 7.01. The fraction of sp³-hybridized carbons (Fsp3) is 0.438. The zero-order valence-corrected chi connectivity index (χ0v) is 14.3. The molecule has 0 fully saturated rings. The third-order valence-electron chi connectivity index (χ3n) is 4.13. The maximum atomic E-state index is 12.5. The van der Waals surface area contributed by atoms with E-state index in [-0.39, 0.29) is 29.9 Å². The SMILES string of the molecule is CN1Cc2ccccc2CC1C(=O)NCCc1nnc(C(F)(F)F)s1. The number of hydrogen-bond acceptors (Lipinski definition) is 5. The number of nitrogens with one attached hydrogen (secondary N) is 1. The van der Waals surface area contributed by atoms with Crippen molar-refractivity contribution >= 4 is 17.2 Å². The Hall–Kier alpha value is -2.00. The third-order valence-corrected chi connectivity index (χ3v) is 5.16. The van der Waals surface area contributed by atoms with Crippen LogP contribution in [0, 0.1) is 0 Å². The first-order valence-corrected chi connectivity index (χ1v) is 8.60. The molecule has 2 aromatic rings. The van der Waals surface area contributed by atoms with Gasteiger partial charge in [0.25, 0.3) is 0 Å². The van der Waals surface area contributed by atoms with Crippen molar-refractivity contribution in [1.29, 1.82) is 0 Å². The quantitative estimate of drug-likeness (QED) is 0.897. The van der Waals surface area contributed by atoms with E-state index >= 15 is 0 Å². The minimum Gasteiger partial charge on any atom is -0.354 e. The van der Waals surface area contributed by atoms with Crippen molar-refractivity contribution in [3.05, 3.63) is 45.4 Å². The summed E-state index contributed by atoms with van der Waals surface area (Å²) >= 11 is 0.509. The van der Waals surface area contributed by atoms with Gasteiger partial charge in [-0.2, -0.15) is 13.2 Å². The lowest BCUT2D eigenvalue weighted by Gasteiger charge is -2.33. The monoisotopic (exact) mass is 370 g/mol. The Kier molecular flexibility index (Phi) is 5.05. The maximum Gasteiger partial charge on any atom is 0.445 e. The van der Waals surface area contributed by atoms with Gasteiger partial charge in [0.05, 0.1) is 6.04 Å². The summed E-state index contributed by atoms with van der Waals surface area (Å²) in [5.74, 6) is -0.127. The van der Waals surface area contributed by atoms with Gasteiger partial charge in [-0.3, -0.25) is 9.69 Å². The zero-order chi connectivity index (χ0) is 18.0. The number of alkyl halides is 3. The molecule has 25 heavy (non-hydrogen) atoms. The highest BCUT2D eigenvalue weighted by molar-refractivity contribution is 7.11. The van der Waals surface area contributed by atoms with Crippen LogP contribution in [0.4, 0.5) is 13.2 Å². The molecule has 0 saturated heterocycles. The lowest BCUT2D eigenvalue weighted by Crippen LogP contribution is -2.48. The fourth-order valence-corrected chi connectivity index (χ4v) is 3.53. The predicted molar refractivity (Wildman–Crippen MR) is 87.0 cm³/mol. The van der Waals surface area contributed by atoms with Crippen LogP contribution in [0.15, 0.2) is 24.3 Å². The van der Waals surface area contributed by atoms with E-state index < -0.39 is 11.2 Å². The van der Waals surface area contributed by atoms with Crippen molar-refractivity contribution < 1.29 is 18.0 Å². The van der Waals surface area contributed by atoms with Gasteiger partial charge in [0, 0.05) is 19.5 Å². The van der Waals surface area contributed by atoms with Crippen LogP contribution < -0.4 is 5.32 Å². The lowest BCUT2D eigenvalue weighted by molar-refractivity contribution is -0.138. The van der Waals surface area contributed by atoms with Crippen LogP contribution in [-0.4, -0.2) is 40.6 Å². The van der Waals surface area contributed by atoms with Gasteiger partial charge in [-0.05, 0) is 24.6 Å². The molecule has 3 rings (SSSR count). The van der Waals surface area contributed by atoms with Crippen LogP contribution in [-0.2, 0) is 30.4 Å².